The van der Waals surface area contributed by atoms with E-state index in [1.54, 1.807) is 6.92 Å². The lowest BCUT2D eigenvalue weighted by atomic mass is 10.2. The van der Waals surface area contributed by atoms with E-state index in [0.717, 1.165) is 12.1 Å². The van der Waals surface area contributed by atoms with E-state index in [9.17, 15) is 22.0 Å². The Morgan fingerprint density at radius 1 is 1.26 bits per heavy atom. The van der Waals surface area contributed by atoms with Crippen molar-refractivity contribution in [2.24, 2.45) is 0 Å². The van der Waals surface area contributed by atoms with E-state index < -0.39 is 33.4 Å². The standard InChI is InChI=1S/C17H18F2N4O3S/c1-10-20-14(17(24)23(2)11-6-7-27(25,26)9-11)8-15(21-10)22-16-12(18)4-3-5-13(16)19/h3-5,8,11H,6-7,9H2,1-2H3,(H,20,21,22). The topological polar surface area (TPSA) is 92.3 Å². The molecule has 0 aliphatic carbocycles. The third kappa shape index (κ3) is 4.21. The summed E-state index contributed by atoms with van der Waals surface area (Å²) >= 11 is 0. The van der Waals surface area contributed by atoms with Gasteiger partial charge >= 0.3 is 0 Å². The Kier molecular flexibility index (Phi) is 5.09. The van der Waals surface area contributed by atoms with Crippen LogP contribution in [0.1, 0.15) is 22.7 Å². The number of hydrogen-bond acceptors (Lipinski definition) is 6. The Bertz CT molecular complexity index is 977. The molecule has 7 nitrogen and oxygen atoms in total. The quantitative estimate of drug-likeness (QED) is 0.851. The molecule has 1 aliphatic rings. The normalized spacial score (nSPS) is 18.3. The zero-order valence-corrected chi connectivity index (χ0v) is 15.6. The molecule has 1 N–H and O–H groups in total. The smallest absolute Gasteiger partial charge is 0.272 e. The maximum Gasteiger partial charge on any atom is 0.272 e. The monoisotopic (exact) mass is 396 g/mol. The summed E-state index contributed by atoms with van der Waals surface area (Å²) in [5.41, 5.74) is -0.377. The van der Waals surface area contributed by atoms with Gasteiger partial charge in [-0.15, -0.1) is 0 Å². The molecule has 0 spiro atoms. The average Bonchev–Trinajstić information content (AvgIpc) is 2.96. The van der Waals surface area contributed by atoms with Crippen molar-refractivity contribution >= 4 is 27.2 Å². The first-order chi connectivity index (χ1) is 12.7. The van der Waals surface area contributed by atoms with E-state index in [4.69, 9.17) is 0 Å². The van der Waals surface area contributed by atoms with Gasteiger partial charge in [-0.05, 0) is 25.5 Å². The van der Waals surface area contributed by atoms with Gasteiger partial charge in [0, 0.05) is 19.2 Å². The fraction of sp³-hybridized carbons (Fsp3) is 0.353. The van der Waals surface area contributed by atoms with E-state index in [-0.39, 0.29) is 34.5 Å². The molecule has 10 heteroatoms. The molecule has 1 unspecified atom stereocenters. The van der Waals surface area contributed by atoms with Crippen molar-refractivity contribution in [2.45, 2.75) is 19.4 Å². The third-order valence-corrected chi connectivity index (χ3v) is 6.10. The number of aromatic nitrogens is 2. The van der Waals surface area contributed by atoms with Crippen molar-refractivity contribution in [1.29, 1.82) is 0 Å². The Morgan fingerprint density at radius 3 is 2.52 bits per heavy atom. The van der Waals surface area contributed by atoms with Crippen LogP contribution in [0.4, 0.5) is 20.3 Å². The number of para-hydroxylation sites is 1. The highest BCUT2D eigenvalue weighted by Gasteiger charge is 2.33. The Labute approximate surface area is 155 Å². The minimum absolute atomic E-state index is 0.00791. The highest BCUT2D eigenvalue weighted by molar-refractivity contribution is 7.91. The second-order valence-corrected chi connectivity index (χ2v) is 8.61. The highest BCUT2D eigenvalue weighted by atomic mass is 32.2. The minimum Gasteiger partial charge on any atom is -0.336 e. The minimum atomic E-state index is -3.15. The third-order valence-electron chi connectivity index (χ3n) is 4.35. The molecule has 1 aromatic heterocycles. The zero-order valence-electron chi connectivity index (χ0n) is 14.7. The van der Waals surface area contributed by atoms with Gasteiger partial charge in [0.1, 0.15) is 34.7 Å². The van der Waals surface area contributed by atoms with Gasteiger partial charge in [-0.3, -0.25) is 4.79 Å². The summed E-state index contributed by atoms with van der Waals surface area (Å²) in [6.07, 6.45) is 0.361. The first kappa shape index (κ1) is 19.2. The summed E-state index contributed by atoms with van der Waals surface area (Å²) in [4.78, 5) is 22.2. The van der Waals surface area contributed by atoms with Gasteiger partial charge in [-0.1, -0.05) is 6.07 Å². The van der Waals surface area contributed by atoms with Crippen molar-refractivity contribution in [3.05, 3.63) is 47.4 Å². The lowest BCUT2D eigenvalue weighted by molar-refractivity contribution is 0.0741. The Balaban J connectivity index is 1.86. The van der Waals surface area contributed by atoms with Gasteiger partial charge in [-0.2, -0.15) is 0 Å². The largest absolute Gasteiger partial charge is 0.336 e. The number of carbonyl (C=O) groups excluding carboxylic acids is 1. The molecule has 0 radical (unpaired) electrons. The van der Waals surface area contributed by atoms with E-state index in [1.807, 2.05) is 0 Å². The van der Waals surface area contributed by atoms with Crippen LogP contribution in [0.5, 0.6) is 0 Å². The number of amides is 1. The molecule has 2 heterocycles. The van der Waals surface area contributed by atoms with Crippen LogP contribution in [-0.2, 0) is 9.84 Å². The lowest BCUT2D eigenvalue weighted by Crippen LogP contribution is -2.38. The van der Waals surface area contributed by atoms with Gasteiger partial charge < -0.3 is 10.2 Å². The fourth-order valence-electron chi connectivity index (χ4n) is 2.91. The number of nitrogens with zero attached hydrogens (tertiary/aromatic N) is 3. The van der Waals surface area contributed by atoms with Gasteiger partial charge in [0.15, 0.2) is 9.84 Å². The molecule has 1 aliphatic heterocycles. The number of anilines is 2. The predicted octanol–water partition coefficient (Wildman–Crippen LogP) is 2.07. The van der Waals surface area contributed by atoms with Gasteiger partial charge in [0.25, 0.3) is 5.91 Å². The first-order valence-electron chi connectivity index (χ1n) is 8.20. The fourth-order valence-corrected chi connectivity index (χ4v) is 4.69. The van der Waals surface area contributed by atoms with E-state index in [0.29, 0.717) is 6.42 Å². The second kappa shape index (κ2) is 7.18. The molecule has 2 aromatic rings. The van der Waals surface area contributed by atoms with Crippen molar-refractivity contribution < 1.29 is 22.0 Å². The van der Waals surface area contributed by atoms with Gasteiger partial charge in [0.2, 0.25) is 0 Å². The predicted molar refractivity (Wildman–Crippen MR) is 95.6 cm³/mol. The maximum atomic E-state index is 13.8. The summed E-state index contributed by atoms with van der Waals surface area (Å²) in [7, 11) is -1.64. The summed E-state index contributed by atoms with van der Waals surface area (Å²) in [6.45, 7) is 1.54. The average molecular weight is 396 g/mol. The molecule has 1 saturated heterocycles. The van der Waals surface area contributed by atoms with Crippen LogP contribution in [0.25, 0.3) is 0 Å². The molecule has 0 bridgehead atoms. The zero-order chi connectivity index (χ0) is 19.8. The molecule has 3 rings (SSSR count). The molecular formula is C17H18F2N4O3S. The SMILES string of the molecule is Cc1nc(Nc2c(F)cccc2F)cc(C(=O)N(C)C2CCS(=O)(=O)C2)n1. The lowest BCUT2D eigenvalue weighted by Gasteiger charge is -2.23. The molecule has 27 heavy (non-hydrogen) atoms. The van der Waals surface area contributed by atoms with Crippen molar-refractivity contribution in [1.82, 2.24) is 14.9 Å². The van der Waals surface area contributed by atoms with Crippen molar-refractivity contribution in [3.63, 3.8) is 0 Å². The molecule has 144 valence electrons. The molecule has 1 aromatic carbocycles. The van der Waals surface area contributed by atoms with Crippen LogP contribution < -0.4 is 5.32 Å². The number of halogens is 2. The second-order valence-electron chi connectivity index (χ2n) is 6.38. The summed E-state index contributed by atoms with van der Waals surface area (Å²) in [5, 5.41) is 2.53. The number of carbonyl (C=O) groups is 1. The number of hydrogen-bond donors (Lipinski definition) is 1. The van der Waals surface area contributed by atoms with Gasteiger partial charge in [-0.25, -0.2) is 27.2 Å². The maximum absolute atomic E-state index is 13.8. The summed E-state index contributed by atoms with van der Waals surface area (Å²) < 4.78 is 50.9. The van der Waals surface area contributed by atoms with Crippen molar-refractivity contribution in [3.8, 4) is 0 Å². The molecule has 1 atom stereocenters. The van der Waals surface area contributed by atoms with Crippen molar-refractivity contribution in [2.75, 3.05) is 23.9 Å². The highest BCUT2D eigenvalue weighted by Crippen LogP contribution is 2.23. The van der Waals surface area contributed by atoms with E-state index >= 15 is 0 Å². The number of sulfone groups is 1. The van der Waals surface area contributed by atoms with Crippen LogP contribution in [-0.4, -0.2) is 53.8 Å². The van der Waals surface area contributed by atoms with Crippen LogP contribution in [0, 0.1) is 18.6 Å². The number of rotatable bonds is 4. The molecule has 1 fully saturated rings. The summed E-state index contributed by atoms with van der Waals surface area (Å²) in [6, 6.07) is 4.28. The number of nitrogens with one attached hydrogen (secondary N) is 1. The molecule has 1 amide bonds. The van der Waals surface area contributed by atoms with Crippen LogP contribution in [0.3, 0.4) is 0 Å². The van der Waals surface area contributed by atoms with E-state index in [2.05, 4.69) is 15.3 Å². The Hall–Kier alpha value is -2.62. The molecule has 0 saturated carbocycles. The van der Waals surface area contributed by atoms with Crippen LogP contribution in [0.15, 0.2) is 24.3 Å². The Morgan fingerprint density at radius 2 is 1.93 bits per heavy atom. The number of benzene rings is 1. The number of aryl methyl sites for hydroxylation is 1. The van der Waals surface area contributed by atoms with Crippen LogP contribution >= 0.6 is 0 Å². The van der Waals surface area contributed by atoms with E-state index in [1.165, 1.54) is 24.1 Å². The van der Waals surface area contributed by atoms with Gasteiger partial charge in [0.05, 0.1) is 11.5 Å². The van der Waals surface area contributed by atoms with Crippen LogP contribution in [0.2, 0.25) is 0 Å². The summed E-state index contributed by atoms with van der Waals surface area (Å²) in [5.74, 6) is -1.85. The first-order valence-corrected chi connectivity index (χ1v) is 10.0. The molecular weight excluding hydrogens is 378 g/mol.